The van der Waals surface area contributed by atoms with Gasteiger partial charge in [0.15, 0.2) is 6.10 Å². The van der Waals surface area contributed by atoms with Gasteiger partial charge in [-0.2, -0.15) is 13.2 Å². The Hall–Kier alpha value is -0.740. The molecule has 0 saturated carbocycles. The fraction of sp³-hybridized carbons (Fsp3) is 0.333. The number of aliphatic hydroxyl groups is 1. The molecule has 0 radical (unpaired) electrons. The Morgan fingerprint density at radius 3 is 2.14 bits per heavy atom. The Morgan fingerprint density at radius 2 is 1.71 bits per heavy atom. The quantitative estimate of drug-likeness (QED) is 0.819. The van der Waals surface area contributed by atoms with E-state index in [-0.39, 0.29) is 0 Å². The summed E-state index contributed by atoms with van der Waals surface area (Å²) in [5.41, 5.74) is 0.402. The number of halogens is 4. The third kappa shape index (κ3) is 3.20. The first-order chi connectivity index (χ1) is 6.39. The van der Waals surface area contributed by atoms with Crippen LogP contribution in [0.1, 0.15) is 5.56 Å². The van der Waals surface area contributed by atoms with Crippen molar-refractivity contribution in [3.63, 3.8) is 0 Å². The van der Waals surface area contributed by atoms with E-state index in [4.69, 9.17) is 16.7 Å². The summed E-state index contributed by atoms with van der Waals surface area (Å²) < 4.78 is 35.8. The first-order valence-electron chi connectivity index (χ1n) is 3.89. The van der Waals surface area contributed by atoms with Crippen molar-refractivity contribution in [2.75, 3.05) is 0 Å². The number of rotatable bonds is 2. The third-order valence-corrected chi connectivity index (χ3v) is 1.97. The first-order valence-corrected chi connectivity index (χ1v) is 4.26. The summed E-state index contributed by atoms with van der Waals surface area (Å²) in [6, 6.07) is 5.88. The van der Waals surface area contributed by atoms with Crippen LogP contribution in [0.4, 0.5) is 13.2 Å². The zero-order valence-electron chi connectivity index (χ0n) is 7.05. The van der Waals surface area contributed by atoms with Gasteiger partial charge in [-0.3, -0.25) is 0 Å². The molecule has 0 aliphatic heterocycles. The molecule has 1 rings (SSSR count). The van der Waals surface area contributed by atoms with Gasteiger partial charge in [-0.25, -0.2) is 0 Å². The van der Waals surface area contributed by atoms with Gasteiger partial charge in [0.2, 0.25) is 0 Å². The van der Waals surface area contributed by atoms with Crippen LogP contribution in [0.5, 0.6) is 0 Å². The lowest BCUT2D eigenvalue weighted by Crippen LogP contribution is -2.30. The van der Waals surface area contributed by atoms with Crippen LogP contribution in [-0.4, -0.2) is 17.4 Å². The van der Waals surface area contributed by atoms with Gasteiger partial charge in [0.25, 0.3) is 0 Å². The maximum absolute atomic E-state index is 11.9. The topological polar surface area (TPSA) is 20.2 Å². The molecule has 78 valence electrons. The summed E-state index contributed by atoms with van der Waals surface area (Å²) in [7, 11) is 0. The standard InChI is InChI=1S/C9H8ClF3O/c10-7-3-1-6(2-4-7)5-8(14)9(11,12)13/h1-4,8,14H,5H2/t8-/m0/s1. The molecule has 0 aromatic heterocycles. The molecule has 0 amide bonds. The van der Waals surface area contributed by atoms with Gasteiger partial charge in [0.05, 0.1) is 0 Å². The number of benzene rings is 1. The summed E-state index contributed by atoms with van der Waals surface area (Å²) in [6.07, 6.45) is -7.33. The lowest BCUT2D eigenvalue weighted by molar-refractivity contribution is -0.203. The molecule has 0 fully saturated rings. The van der Waals surface area contributed by atoms with Crippen LogP contribution in [0.3, 0.4) is 0 Å². The van der Waals surface area contributed by atoms with Crippen LogP contribution in [0.2, 0.25) is 5.02 Å². The molecule has 0 saturated heterocycles. The average Bonchev–Trinajstić information content (AvgIpc) is 2.07. The number of hydrogen-bond acceptors (Lipinski definition) is 1. The van der Waals surface area contributed by atoms with E-state index in [1.165, 1.54) is 24.3 Å². The largest absolute Gasteiger partial charge is 0.414 e. The highest BCUT2D eigenvalue weighted by molar-refractivity contribution is 6.30. The molecule has 0 spiro atoms. The minimum atomic E-state index is -4.57. The smallest absolute Gasteiger partial charge is 0.383 e. The van der Waals surface area contributed by atoms with Gasteiger partial charge in [0.1, 0.15) is 0 Å². The van der Waals surface area contributed by atoms with Crippen LogP contribution in [0, 0.1) is 0 Å². The van der Waals surface area contributed by atoms with Gasteiger partial charge in [-0.15, -0.1) is 0 Å². The summed E-state index contributed by atoms with van der Waals surface area (Å²) >= 11 is 5.55. The SMILES string of the molecule is O[C@@H](Cc1ccc(Cl)cc1)C(F)(F)F. The molecule has 14 heavy (non-hydrogen) atoms. The predicted octanol–water partition coefficient (Wildman–Crippen LogP) is 2.81. The second kappa shape index (κ2) is 4.19. The maximum Gasteiger partial charge on any atom is 0.414 e. The maximum atomic E-state index is 11.9. The van der Waals surface area contributed by atoms with Crippen LogP contribution < -0.4 is 0 Å². The lowest BCUT2D eigenvalue weighted by Gasteiger charge is -2.14. The second-order valence-electron chi connectivity index (χ2n) is 2.89. The molecule has 5 heteroatoms. The predicted molar refractivity (Wildman–Crippen MR) is 47.2 cm³/mol. The van der Waals surface area contributed by atoms with E-state index >= 15 is 0 Å². The fourth-order valence-electron chi connectivity index (χ4n) is 0.959. The molecule has 0 aliphatic rings. The molecule has 1 nitrogen and oxygen atoms in total. The minimum Gasteiger partial charge on any atom is -0.383 e. The van der Waals surface area contributed by atoms with Crippen LogP contribution in [0.15, 0.2) is 24.3 Å². The molecule has 0 unspecified atom stereocenters. The molecule has 1 aromatic rings. The molecule has 0 aliphatic carbocycles. The Labute approximate surface area is 84.1 Å². The fourth-order valence-corrected chi connectivity index (χ4v) is 1.09. The molecule has 1 N–H and O–H groups in total. The Bertz CT molecular complexity index is 294. The van der Waals surface area contributed by atoms with E-state index in [1.807, 2.05) is 0 Å². The van der Waals surface area contributed by atoms with E-state index in [0.717, 1.165) is 0 Å². The molecular formula is C9H8ClF3O. The van der Waals surface area contributed by atoms with E-state index in [1.54, 1.807) is 0 Å². The highest BCUT2D eigenvalue weighted by Crippen LogP contribution is 2.23. The van der Waals surface area contributed by atoms with E-state index in [9.17, 15) is 13.2 Å². The number of aliphatic hydroxyl groups excluding tert-OH is 1. The highest BCUT2D eigenvalue weighted by atomic mass is 35.5. The van der Waals surface area contributed by atoms with Crippen molar-refractivity contribution in [2.24, 2.45) is 0 Å². The lowest BCUT2D eigenvalue weighted by atomic mass is 10.1. The molecular weight excluding hydrogens is 217 g/mol. The first kappa shape index (κ1) is 11.3. The second-order valence-corrected chi connectivity index (χ2v) is 3.32. The summed E-state index contributed by atoms with van der Waals surface area (Å²) in [4.78, 5) is 0. The van der Waals surface area contributed by atoms with Crippen molar-refractivity contribution >= 4 is 11.6 Å². The van der Waals surface area contributed by atoms with Crippen molar-refractivity contribution in [1.29, 1.82) is 0 Å². The van der Waals surface area contributed by atoms with Gasteiger partial charge in [-0.05, 0) is 17.7 Å². The van der Waals surface area contributed by atoms with Crippen molar-refractivity contribution < 1.29 is 18.3 Å². The highest BCUT2D eigenvalue weighted by Gasteiger charge is 2.37. The van der Waals surface area contributed by atoms with Crippen molar-refractivity contribution in [1.82, 2.24) is 0 Å². The Kier molecular flexibility index (Phi) is 3.39. The van der Waals surface area contributed by atoms with Crippen molar-refractivity contribution in [3.05, 3.63) is 34.9 Å². The number of alkyl halides is 3. The van der Waals surface area contributed by atoms with Crippen molar-refractivity contribution in [3.8, 4) is 0 Å². The monoisotopic (exact) mass is 224 g/mol. The van der Waals surface area contributed by atoms with E-state index in [0.29, 0.717) is 10.6 Å². The van der Waals surface area contributed by atoms with Gasteiger partial charge < -0.3 is 5.11 Å². The summed E-state index contributed by atoms with van der Waals surface area (Å²) in [5, 5.41) is 9.20. The minimum absolute atomic E-state index is 0.402. The number of hydrogen-bond donors (Lipinski definition) is 1. The van der Waals surface area contributed by atoms with Crippen LogP contribution in [0.25, 0.3) is 0 Å². The zero-order valence-corrected chi connectivity index (χ0v) is 7.81. The Balaban J connectivity index is 2.65. The summed E-state index contributed by atoms with van der Waals surface area (Å²) in [5.74, 6) is 0. The van der Waals surface area contributed by atoms with Gasteiger partial charge in [0, 0.05) is 11.4 Å². The molecule has 1 aromatic carbocycles. The van der Waals surface area contributed by atoms with E-state index in [2.05, 4.69) is 0 Å². The zero-order chi connectivity index (χ0) is 10.8. The van der Waals surface area contributed by atoms with Crippen molar-refractivity contribution in [2.45, 2.75) is 18.7 Å². The summed E-state index contributed by atoms with van der Waals surface area (Å²) in [6.45, 7) is 0. The molecule has 1 atom stereocenters. The van der Waals surface area contributed by atoms with Gasteiger partial charge >= 0.3 is 6.18 Å². The van der Waals surface area contributed by atoms with E-state index < -0.39 is 18.7 Å². The third-order valence-electron chi connectivity index (χ3n) is 1.72. The van der Waals surface area contributed by atoms with Crippen LogP contribution >= 0.6 is 11.6 Å². The van der Waals surface area contributed by atoms with Gasteiger partial charge in [-0.1, -0.05) is 23.7 Å². The Morgan fingerprint density at radius 1 is 1.21 bits per heavy atom. The average molecular weight is 225 g/mol. The molecule has 0 bridgehead atoms. The van der Waals surface area contributed by atoms with Crippen LogP contribution in [-0.2, 0) is 6.42 Å². The molecule has 0 heterocycles. The normalized spacial score (nSPS) is 14.1.